The second-order valence-corrected chi connectivity index (χ2v) is 5.06. The molecule has 0 fully saturated rings. The number of nitrogens with zero attached hydrogens (tertiary/aromatic N) is 1. The number of hydrogen-bond donors (Lipinski definition) is 2. The highest BCUT2D eigenvalue weighted by atomic mass is 16.3. The normalized spacial score (nSPS) is 10.8. The summed E-state index contributed by atoms with van der Waals surface area (Å²) in [6.45, 7) is 3.82. The van der Waals surface area contributed by atoms with Crippen LogP contribution in [0, 0.1) is 0 Å². The number of carbonyl (C=O) groups is 1. The number of aliphatic hydroxyl groups excluding tert-OH is 1. The largest absolute Gasteiger partial charge is 0.395 e. The van der Waals surface area contributed by atoms with Gasteiger partial charge in [0, 0.05) is 24.5 Å². The number of aromatic amines is 1. The van der Waals surface area contributed by atoms with Crippen molar-refractivity contribution < 1.29 is 9.90 Å². The van der Waals surface area contributed by atoms with Gasteiger partial charge in [-0.25, -0.2) is 0 Å². The Labute approximate surface area is 123 Å². The second kappa shape index (κ2) is 6.54. The Hall–Kier alpha value is -2.14. The van der Waals surface area contributed by atoms with Crippen molar-refractivity contribution in [2.45, 2.75) is 26.8 Å². The van der Waals surface area contributed by atoms with E-state index in [0.717, 1.165) is 17.3 Å². The SMILES string of the molecule is CCc1ccc2[nH]c(=O)c(CN(CCO)C(C)=O)cc2c1. The lowest BCUT2D eigenvalue weighted by Crippen LogP contribution is -2.33. The Morgan fingerprint density at radius 2 is 2.10 bits per heavy atom. The Balaban J connectivity index is 2.41. The Kier molecular flexibility index (Phi) is 4.75. The smallest absolute Gasteiger partial charge is 0.253 e. The van der Waals surface area contributed by atoms with Crippen LogP contribution in [0.3, 0.4) is 0 Å². The van der Waals surface area contributed by atoms with Crippen LogP contribution in [-0.2, 0) is 17.8 Å². The van der Waals surface area contributed by atoms with Gasteiger partial charge in [-0.1, -0.05) is 13.0 Å². The second-order valence-electron chi connectivity index (χ2n) is 5.06. The number of benzene rings is 1. The molecule has 1 heterocycles. The van der Waals surface area contributed by atoms with Crippen molar-refractivity contribution in [1.29, 1.82) is 0 Å². The molecular weight excluding hydrogens is 268 g/mol. The summed E-state index contributed by atoms with van der Waals surface area (Å²) in [5, 5.41) is 9.95. The molecule has 0 saturated heterocycles. The quantitative estimate of drug-likeness (QED) is 0.874. The molecule has 0 bridgehead atoms. The minimum atomic E-state index is -0.198. The van der Waals surface area contributed by atoms with Crippen molar-refractivity contribution in [1.82, 2.24) is 9.88 Å². The maximum atomic E-state index is 12.1. The zero-order valence-corrected chi connectivity index (χ0v) is 12.3. The van der Waals surface area contributed by atoms with Gasteiger partial charge in [0.15, 0.2) is 0 Å². The van der Waals surface area contributed by atoms with Crippen LogP contribution in [0.25, 0.3) is 10.9 Å². The van der Waals surface area contributed by atoms with Crippen molar-refractivity contribution in [3.05, 3.63) is 45.7 Å². The standard InChI is InChI=1S/C16H20N2O3/c1-3-12-4-5-15-13(8-12)9-14(16(21)17-15)10-18(6-7-19)11(2)20/h4-5,8-9,19H,3,6-7,10H2,1-2H3,(H,17,21). The zero-order chi connectivity index (χ0) is 15.4. The van der Waals surface area contributed by atoms with Gasteiger partial charge in [0.05, 0.1) is 13.2 Å². The van der Waals surface area contributed by atoms with Gasteiger partial charge in [0.1, 0.15) is 0 Å². The highest BCUT2D eigenvalue weighted by molar-refractivity contribution is 5.80. The summed E-state index contributed by atoms with van der Waals surface area (Å²) >= 11 is 0. The summed E-state index contributed by atoms with van der Waals surface area (Å²) < 4.78 is 0. The van der Waals surface area contributed by atoms with Crippen molar-refractivity contribution in [2.75, 3.05) is 13.2 Å². The maximum Gasteiger partial charge on any atom is 0.253 e. The van der Waals surface area contributed by atoms with Crippen molar-refractivity contribution >= 4 is 16.8 Å². The van der Waals surface area contributed by atoms with Crippen LogP contribution in [0.2, 0.25) is 0 Å². The molecule has 5 heteroatoms. The average Bonchev–Trinajstić information content (AvgIpc) is 2.46. The summed E-state index contributed by atoms with van der Waals surface area (Å²) in [5.74, 6) is -0.161. The number of rotatable bonds is 5. The predicted molar refractivity (Wildman–Crippen MR) is 82.1 cm³/mol. The summed E-state index contributed by atoms with van der Waals surface area (Å²) in [6, 6.07) is 7.75. The van der Waals surface area contributed by atoms with E-state index in [0.29, 0.717) is 5.56 Å². The lowest BCUT2D eigenvalue weighted by Gasteiger charge is -2.19. The van der Waals surface area contributed by atoms with Crippen LogP contribution in [0.5, 0.6) is 0 Å². The lowest BCUT2D eigenvalue weighted by atomic mass is 10.1. The number of aliphatic hydroxyl groups is 1. The summed E-state index contributed by atoms with van der Waals surface area (Å²) in [5.41, 5.74) is 2.31. The molecule has 0 unspecified atom stereocenters. The van der Waals surface area contributed by atoms with Crippen LogP contribution in [-0.4, -0.2) is 34.0 Å². The third kappa shape index (κ3) is 3.49. The van der Waals surface area contributed by atoms with E-state index in [2.05, 4.69) is 11.9 Å². The number of amides is 1. The molecule has 5 nitrogen and oxygen atoms in total. The van der Waals surface area contributed by atoms with E-state index in [1.807, 2.05) is 24.3 Å². The number of aromatic nitrogens is 1. The summed E-state index contributed by atoms with van der Waals surface area (Å²) in [4.78, 5) is 27.9. The molecule has 1 aromatic heterocycles. The summed E-state index contributed by atoms with van der Waals surface area (Å²) in [6.07, 6.45) is 0.925. The first-order valence-electron chi connectivity index (χ1n) is 7.06. The number of hydrogen-bond acceptors (Lipinski definition) is 3. The zero-order valence-electron chi connectivity index (χ0n) is 12.3. The first-order valence-corrected chi connectivity index (χ1v) is 7.06. The van der Waals surface area contributed by atoms with E-state index in [1.54, 1.807) is 0 Å². The van der Waals surface area contributed by atoms with Crippen molar-refractivity contribution in [3.63, 3.8) is 0 Å². The van der Waals surface area contributed by atoms with E-state index in [1.165, 1.54) is 17.4 Å². The molecule has 2 rings (SSSR count). The monoisotopic (exact) mass is 288 g/mol. The molecule has 1 amide bonds. The maximum absolute atomic E-state index is 12.1. The topological polar surface area (TPSA) is 73.4 Å². The number of carbonyl (C=O) groups excluding carboxylic acids is 1. The summed E-state index contributed by atoms with van der Waals surface area (Å²) in [7, 11) is 0. The van der Waals surface area contributed by atoms with Gasteiger partial charge in [-0.2, -0.15) is 0 Å². The molecular formula is C16H20N2O3. The van der Waals surface area contributed by atoms with Crippen LogP contribution >= 0.6 is 0 Å². The molecule has 2 aromatic rings. The van der Waals surface area contributed by atoms with Crippen LogP contribution in [0.1, 0.15) is 25.0 Å². The highest BCUT2D eigenvalue weighted by Gasteiger charge is 2.12. The number of H-pyrrole nitrogens is 1. The minimum absolute atomic E-state index is 0.120. The van der Waals surface area contributed by atoms with Crippen LogP contribution < -0.4 is 5.56 Å². The molecule has 0 spiro atoms. The number of fused-ring (bicyclic) bond motifs is 1. The highest BCUT2D eigenvalue weighted by Crippen LogP contribution is 2.15. The molecule has 0 aliphatic heterocycles. The molecule has 21 heavy (non-hydrogen) atoms. The molecule has 112 valence electrons. The van der Waals surface area contributed by atoms with Crippen molar-refractivity contribution in [3.8, 4) is 0 Å². The van der Waals surface area contributed by atoms with E-state index >= 15 is 0 Å². The molecule has 2 N–H and O–H groups in total. The average molecular weight is 288 g/mol. The van der Waals surface area contributed by atoms with Gasteiger partial charge in [0.25, 0.3) is 5.56 Å². The Bertz CT molecular complexity index is 706. The predicted octanol–water partition coefficient (Wildman–Crippen LogP) is 1.43. The lowest BCUT2D eigenvalue weighted by molar-refractivity contribution is -0.129. The molecule has 0 atom stereocenters. The third-order valence-corrected chi connectivity index (χ3v) is 3.57. The van der Waals surface area contributed by atoms with Gasteiger partial charge < -0.3 is 15.0 Å². The molecule has 0 aliphatic carbocycles. The van der Waals surface area contributed by atoms with Gasteiger partial charge in [0.2, 0.25) is 5.91 Å². The Morgan fingerprint density at radius 3 is 2.71 bits per heavy atom. The van der Waals surface area contributed by atoms with Crippen LogP contribution in [0.4, 0.5) is 0 Å². The third-order valence-electron chi connectivity index (χ3n) is 3.57. The fourth-order valence-electron chi connectivity index (χ4n) is 2.31. The van der Waals surface area contributed by atoms with E-state index in [4.69, 9.17) is 5.11 Å². The molecule has 0 radical (unpaired) electrons. The van der Waals surface area contributed by atoms with Crippen LogP contribution in [0.15, 0.2) is 29.1 Å². The number of pyridine rings is 1. The first kappa shape index (κ1) is 15.3. The van der Waals surface area contributed by atoms with E-state index in [9.17, 15) is 9.59 Å². The van der Waals surface area contributed by atoms with Crippen molar-refractivity contribution in [2.24, 2.45) is 0 Å². The Morgan fingerprint density at radius 1 is 1.33 bits per heavy atom. The number of nitrogens with one attached hydrogen (secondary N) is 1. The first-order chi connectivity index (χ1) is 10.0. The van der Waals surface area contributed by atoms with Gasteiger partial charge in [-0.3, -0.25) is 9.59 Å². The van der Waals surface area contributed by atoms with E-state index in [-0.39, 0.29) is 31.2 Å². The number of aryl methyl sites for hydroxylation is 1. The van der Waals surface area contributed by atoms with Gasteiger partial charge in [-0.15, -0.1) is 0 Å². The van der Waals surface area contributed by atoms with E-state index < -0.39 is 0 Å². The van der Waals surface area contributed by atoms with Gasteiger partial charge in [-0.05, 0) is 35.6 Å². The molecule has 1 aromatic carbocycles. The minimum Gasteiger partial charge on any atom is -0.395 e. The van der Waals surface area contributed by atoms with Gasteiger partial charge >= 0.3 is 0 Å². The fourth-order valence-corrected chi connectivity index (χ4v) is 2.31. The molecule has 0 saturated carbocycles. The molecule has 0 aliphatic rings. The fraction of sp³-hybridized carbons (Fsp3) is 0.375.